The van der Waals surface area contributed by atoms with Gasteiger partial charge in [0.05, 0.1) is 5.39 Å². The van der Waals surface area contributed by atoms with Crippen molar-refractivity contribution in [1.29, 1.82) is 0 Å². The summed E-state index contributed by atoms with van der Waals surface area (Å²) in [5.74, 6) is 0.900. The molecule has 0 saturated heterocycles. The highest BCUT2D eigenvalue weighted by molar-refractivity contribution is 7.98. The Morgan fingerprint density at radius 3 is 2.28 bits per heavy atom. The average Bonchev–Trinajstić information content (AvgIpc) is 2.76. The highest BCUT2D eigenvalue weighted by Gasteiger charge is 2.17. The lowest BCUT2D eigenvalue weighted by Gasteiger charge is -2.11. The fourth-order valence-corrected chi connectivity index (χ4v) is 3.47. The van der Waals surface area contributed by atoms with Crippen molar-refractivity contribution in [3.8, 4) is 0 Å². The maximum Gasteiger partial charge on any atom is 0.290 e. The Morgan fingerprint density at radius 2 is 1.62 bits per heavy atom. The molecule has 0 aliphatic heterocycles. The summed E-state index contributed by atoms with van der Waals surface area (Å²) in [4.78, 5) is 37.4. The Kier molecular flexibility index (Phi) is 6.66. The number of hydrogen-bond acceptors (Lipinski definition) is 5. The van der Waals surface area contributed by atoms with Crippen molar-refractivity contribution in [1.82, 2.24) is 20.6 Å². The van der Waals surface area contributed by atoms with E-state index in [1.54, 1.807) is 55.1 Å². The van der Waals surface area contributed by atoms with Crippen LogP contribution in [0.1, 0.15) is 40.3 Å². The molecule has 0 bridgehead atoms. The minimum atomic E-state index is -0.590. The first kappa shape index (κ1) is 20.6. The summed E-state index contributed by atoms with van der Waals surface area (Å²) in [6.45, 7) is 4.20. The van der Waals surface area contributed by atoms with E-state index in [4.69, 9.17) is 0 Å². The number of rotatable bonds is 6. The number of hydrazine groups is 1. The third-order valence-corrected chi connectivity index (χ3v) is 5.31. The highest BCUT2D eigenvalue weighted by atomic mass is 32.2. The predicted octanol–water partition coefficient (Wildman–Crippen LogP) is 2.74. The summed E-state index contributed by atoms with van der Waals surface area (Å²) < 4.78 is 1.23. The molecule has 0 saturated carbocycles. The molecule has 3 aromatic rings. The van der Waals surface area contributed by atoms with E-state index in [0.29, 0.717) is 22.9 Å². The van der Waals surface area contributed by atoms with Gasteiger partial charge in [-0.15, -0.1) is 0 Å². The van der Waals surface area contributed by atoms with Crippen LogP contribution >= 0.6 is 11.8 Å². The van der Waals surface area contributed by atoms with Crippen LogP contribution in [0.4, 0.5) is 0 Å². The molecule has 0 unspecified atom stereocenters. The zero-order valence-corrected chi connectivity index (χ0v) is 17.1. The maximum absolute atomic E-state index is 12.6. The summed E-state index contributed by atoms with van der Waals surface area (Å²) in [5.41, 5.74) is 6.18. The van der Waals surface area contributed by atoms with Gasteiger partial charge >= 0.3 is 0 Å². The lowest BCUT2D eigenvalue weighted by molar-refractivity contribution is 0.0843. The molecule has 7 nitrogen and oxygen atoms in total. The second-order valence-electron chi connectivity index (χ2n) is 6.26. The van der Waals surface area contributed by atoms with Crippen LogP contribution in [0, 0.1) is 0 Å². The fraction of sp³-hybridized carbons (Fsp3) is 0.238. The Bertz CT molecular complexity index is 1090. The third kappa shape index (κ3) is 4.65. The highest BCUT2D eigenvalue weighted by Crippen LogP contribution is 2.14. The van der Waals surface area contributed by atoms with Gasteiger partial charge in [-0.25, -0.2) is 4.68 Å². The standard InChI is InChI=1S/C21H22N4O3S/c1-3-25-21(28)17-8-6-5-7-16(17)18(24-25)20(27)23-22-19(26)15-11-9-14(10-12-15)13-29-4-2/h5-12H,3-4,13H2,1-2H3,(H,22,26)(H,23,27). The second-order valence-corrected chi connectivity index (χ2v) is 7.53. The van der Waals surface area contributed by atoms with Crippen molar-refractivity contribution in [2.24, 2.45) is 0 Å². The van der Waals surface area contributed by atoms with Gasteiger partial charge in [0.2, 0.25) is 0 Å². The van der Waals surface area contributed by atoms with E-state index in [0.717, 1.165) is 17.1 Å². The van der Waals surface area contributed by atoms with Crippen LogP contribution in [0.25, 0.3) is 10.8 Å². The molecule has 0 aliphatic carbocycles. The van der Waals surface area contributed by atoms with Crippen LogP contribution in [0.2, 0.25) is 0 Å². The third-order valence-electron chi connectivity index (χ3n) is 4.36. The van der Waals surface area contributed by atoms with Crippen molar-refractivity contribution in [2.45, 2.75) is 26.1 Å². The number of benzene rings is 2. The van der Waals surface area contributed by atoms with Crippen LogP contribution in [0.5, 0.6) is 0 Å². The summed E-state index contributed by atoms with van der Waals surface area (Å²) in [7, 11) is 0. The van der Waals surface area contributed by atoms with Gasteiger partial charge in [-0.05, 0) is 36.4 Å². The van der Waals surface area contributed by atoms with Gasteiger partial charge in [-0.3, -0.25) is 25.2 Å². The molecule has 2 aromatic carbocycles. The fourth-order valence-electron chi connectivity index (χ4n) is 2.83. The molecular formula is C21H22N4O3S. The lowest BCUT2D eigenvalue weighted by atomic mass is 10.1. The second kappa shape index (κ2) is 9.38. The van der Waals surface area contributed by atoms with E-state index in [-0.39, 0.29) is 11.3 Å². The number of aromatic nitrogens is 2. The Hall–Kier alpha value is -3.13. The van der Waals surface area contributed by atoms with Crippen LogP contribution in [-0.4, -0.2) is 27.3 Å². The van der Waals surface area contributed by atoms with E-state index < -0.39 is 11.8 Å². The van der Waals surface area contributed by atoms with Crippen LogP contribution < -0.4 is 16.4 Å². The van der Waals surface area contributed by atoms with E-state index >= 15 is 0 Å². The molecule has 29 heavy (non-hydrogen) atoms. The zero-order valence-electron chi connectivity index (χ0n) is 16.3. The molecule has 0 fully saturated rings. The number of nitrogens with zero attached hydrogens (tertiary/aromatic N) is 2. The molecule has 1 heterocycles. The van der Waals surface area contributed by atoms with Gasteiger partial charge in [-0.2, -0.15) is 16.9 Å². The first-order chi connectivity index (χ1) is 14.0. The number of thioether (sulfide) groups is 1. The first-order valence-corrected chi connectivity index (χ1v) is 10.5. The van der Waals surface area contributed by atoms with Gasteiger partial charge in [0.15, 0.2) is 5.69 Å². The lowest BCUT2D eigenvalue weighted by Crippen LogP contribution is -2.42. The van der Waals surface area contributed by atoms with Gasteiger partial charge < -0.3 is 0 Å². The molecule has 0 atom stereocenters. The molecule has 8 heteroatoms. The molecule has 2 N–H and O–H groups in total. The Labute approximate surface area is 172 Å². The molecule has 1 aromatic heterocycles. The minimum Gasteiger partial charge on any atom is -0.267 e. The number of amides is 2. The average molecular weight is 410 g/mol. The van der Waals surface area contributed by atoms with E-state index in [1.165, 1.54) is 4.68 Å². The Balaban J connectivity index is 1.75. The van der Waals surface area contributed by atoms with Gasteiger partial charge in [-0.1, -0.05) is 37.3 Å². The van der Waals surface area contributed by atoms with E-state index in [2.05, 4.69) is 22.9 Å². The largest absolute Gasteiger partial charge is 0.290 e. The summed E-state index contributed by atoms with van der Waals surface area (Å²) in [6.07, 6.45) is 0. The molecular weight excluding hydrogens is 388 g/mol. The van der Waals surface area contributed by atoms with Gasteiger partial charge in [0, 0.05) is 23.2 Å². The predicted molar refractivity (Wildman–Crippen MR) is 115 cm³/mol. The maximum atomic E-state index is 12.6. The van der Waals surface area contributed by atoms with Gasteiger partial charge in [0.25, 0.3) is 17.4 Å². The van der Waals surface area contributed by atoms with Crippen molar-refractivity contribution in [2.75, 3.05) is 5.75 Å². The Morgan fingerprint density at radius 1 is 0.966 bits per heavy atom. The number of hydrogen-bond donors (Lipinski definition) is 2. The monoisotopic (exact) mass is 410 g/mol. The van der Waals surface area contributed by atoms with Crippen LogP contribution in [-0.2, 0) is 12.3 Å². The quantitative estimate of drug-likeness (QED) is 0.610. The molecule has 0 aliphatic rings. The smallest absolute Gasteiger partial charge is 0.267 e. The first-order valence-electron chi connectivity index (χ1n) is 9.32. The zero-order chi connectivity index (χ0) is 20.8. The van der Waals surface area contributed by atoms with Crippen molar-refractivity contribution >= 4 is 34.3 Å². The van der Waals surface area contributed by atoms with Crippen molar-refractivity contribution in [3.63, 3.8) is 0 Å². The van der Waals surface area contributed by atoms with Crippen molar-refractivity contribution < 1.29 is 9.59 Å². The topological polar surface area (TPSA) is 93.1 Å². The minimum absolute atomic E-state index is 0.0780. The molecule has 2 amide bonds. The molecule has 3 rings (SSSR count). The number of fused-ring (bicyclic) bond motifs is 1. The molecule has 0 spiro atoms. The van der Waals surface area contributed by atoms with E-state index in [1.807, 2.05) is 12.1 Å². The molecule has 0 radical (unpaired) electrons. The number of nitrogens with one attached hydrogen (secondary N) is 2. The summed E-state index contributed by atoms with van der Waals surface area (Å²) in [6, 6.07) is 14.0. The number of carbonyl (C=O) groups is 2. The van der Waals surface area contributed by atoms with Crippen molar-refractivity contribution in [3.05, 3.63) is 75.7 Å². The van der Waals surface area contributed by atoms with E-state index in [9.17, 15) is 14.4 Å². The summed E-state index contributed by atoms with van der Waals surface area (Å²) >= 11 is 1.80. The SMILES string of the molecule is CCSCc1ccc(C(=O)NNC(=O)c2nn(CC)c(=O)c3ccccc23)cc1. The normalized spacial score (nSPS) is 10.7. The van der Waals surface area contributed by atoms with Gasteiger partial charge in [0.1, 0.15) is 0 Å². The summed E-state index contributed by atoms with van der Waals surface area (Å²) in [5, 5.41) is 4.99. The number of carbonyl (C=O) groups excluding carboxylic acids is 2. The van der Waals surface area contributed by atoms with Crippen LogP contribution in [0.15, 0.2) is 53.3 Å². The molecule has 150 valence electrons. The number of aryl methyl sites for hydroxylation is 1. The van der Waals surface area contributed by atoms with Crippen LogP contribution in [0.3, 0.4) is 0 Å².